The first-order valence-corrected chi connectivity index (χ1v) is 11.9. The predicted molar refractivity (Wildman–Crippen MR) is 132 cm³/mol. The molecule has 2 aromatic carbocycles. The molecule has 6 heteroatoms. The minimum atomic E-state index is -0.433. The van der Waals surface area contributed by atoms with Crippen molar-refractivity contribution >= 4 is 34.4 Å². The Bertz CT molecular complexity index is 1240. The second-order valence-electron chi connectivity index (χ2n) is 8.65. The number of Topliss-reactive ketones (excluding diaryl/α,β-unsaturated/α-hetero) is 1. The molecule has 5 nitrogen and oxygen atoms in total. The van der Waals surface area contributed by atoms with Gasteiger partial charge in [-0.05, 0) is 66.1 Å². The van der Waals surface area contributed by atoms with Crippen molar-refractivity contribution in [1.82, 2.24) is 0 Å². The van der Waals surface area contributed by atoms with Crippen LogP contribution in [0.3, 0.4) is 0 Å². The Hall–Kier alpha value is -3.38. The summed E-state index contributed by atoms with van der Waals surface area (Å²) in [6.07, 6.45) is 1.12. The van der Waals surface area contributed by atoms with Gasteiger partial charge in [0.25, 0.3) is 0 Å². The van der Waals surface area contributed by atoms with Crippen LogP contribution in [0.15, 0.2) is 71.2 Å². The molecule has 33 heavy (non-hydrogen) atoms. The molecule has 0 saturated carbocycles. The van der Waals surface area contributed by atoms with Crippen molar-refractivity contribution in [1.29, 1.82) is 0 Å². The van der Waals surface area contributed by atoms with E-state index in [0.29, 0.717) is 18.4 Å². The van der Waals surface area contributed by atoms with Crippen molar-refractivity contribution in [3.05, 3.63) is 87.3 Å². The Balaban J connectivity index is 1.66. The summed E-state index contributed by atoms with van der Waals surface area (Å²) in [5.41, 5.74) is 5.44. The lowest BCUT2D eigenvalue weighted by atomic mass is 9.79. The number of ketones is 1. The van der Waals surface area contributed by atoms with Gasteiger partial charge < -0.3 is 10.1 Å². The van der Waals surface area contributed by atoms with Gasteiger partial charge in [-0.2, -0.15) is 0 Å². The van der Waals surface area contributed by atoms with Crippen molar-refractivity contribution in [2.75, 3.05) is 17.3 Å². The Morgan fingerprint density at radius 1 is 1.12 bits per heavy atom. The van der Waals surface area contributed by atoms with Gasteiger partial charge in [0.1, 0.15) is 11.8 Å². The number of nitrogens with one attached hydrogen (secondary N) is 1. The SMILES string of the molecule is COc1ccc(C2CC(=O)C3=C(C2)Nc2ccc(C)cc2N(C(C)=O)C3c2cccs2)cc1. The number of benzene rings is 2. The molecule has 2 unspecified atom stereocenters. The van der Waals surface area contributed by atoms with Gasteiger partial charge in [0.15, 0.2) is 5.78 Å². The molecule has 0 bridgehead atoms. The molecule has 1 aliphatic carbocycles. The third kappa shape index (κ3) is 3.85. The topological polar surface area (TPSA) is 58.6 Å². The maximum atomic E-state index is 13.7. The first kappa shape index (κ1) is 21.5. The van der Waals surface area contributed by atoms with Gasteiger partial charge in [-0.1, -0.05) is 24.3 Å². The maximum Gasteiger partial charge on any atom is 0.224 e. The summed E-state index contributed by atoms with van der Waals surface area (Å²) >= 11 is 1.58. The van der Waals surface area contributed by atoms with Crippen LogP contribution in [0.4, 0.5) is 11.4 Å². The highest BCUT2D eigenvalue weighted by Gasteiger charge is 2.41. The van der Waals surface area contributed by atoms with Gasteiger partial charge in [-0.25, -0.2) is 0 Å². The van der Waals surface area contributed by atoms with Crippen molar-refractivity contribution < 1.29 is 14.3 Å². The summed E-state index contributed by atoms with van der Waals surface area (Å²) in [7, 11) is 1.65. The molecule has 2 aliphatic rings. The molecule has 1 aromatic heterocycles. The van der Waals surface area contributed by atoms with Gasteiger partial charge in [0, 0.05) is 29.5 Å². The quantitative estimate of drug-likeness (QED) is 0.524. The van der Waals surface area contributed by atoms with Gasteiger partial charge in [0.05, 0.1) is 18.5 Å². The van der Waals surface area contributed by atoms with Crippen molar-refractivity contribution in [3.63, 3.8) is 0 Å². The lowest BCUT2D eigenvalue weighted by Gasteiger charge is -2.33. The molecular weight excluding hydrogens is 432 g/mol. The molecule has 3 aromatic rings. The average Bonchev–Trinajstić information content (AvgIpc) is 3.29. The van der Waals surface area contributed by atoms with E-state index in [1.807, 2.05) is 66.9 Å². The molecule has 0 saturated heterocycles. The molecule has 5 rings (SSSR count). The fraction of sp³-hybridized carbons (Fsp3) is 0.259. The molecule has 1 amide bonds. The van der Waals surface area contributed by atoms with E-state index in [4.69, 9.17) is 4.74 Å². The lowest BCUT2D eigenvalue weighted by molar-refractivity contribution is -0.117. The van der Waals surface area contributed by atoms with E-state index in [9.17, 15) is 9.59 Å². The number of aryl methyl sites for hydroxylation is 1. The number of hydrogen-bond donors (Lipinski definition) is 1. The molecule has 0 radical (unpaired) electrons. The van der Waals surface area contributed by atoms with Crippen LogP contribution in [0.5, 0.6) is 5.75 Å². The first-order chi connectivity index (χ1) is 16.0. The summed E-state index contributed by atoms with van der Waals surface area (Å²) in [5.74, 6) is 0.864. The summed E-state index contributed by atoms with van der Waals surface area (Å²) in [5, 5.41) is 5.56. The predicted octanol–water partition coefficient (Wildman–Crippen LogP) is 5.99. The molecule has 2 atom stereocenters. The number of fused-ring (bicyclic) bond motifs is 1. The number of nitrogens with zero attached hydrogens (tertiary/aromatic N) is 1. The van der Waals surface area contributed by atoms with E-state index in [2.05, 4.69) is 5.32 Å². The highest BCUT2D eigenvalue weighted by molar-refractivity contribution is 7.10. The van der Waals surface area contributed by atoms with E-state index < -0.39 is 6.04 Å². The minimum absolute atomic E-state index is 0.0661. The fourth-order valence-corrected chi connectivity index (χ4v) is 5.75. The Kier molecular flexibility index (Phi) is 5.54. The number of rotatable bonds is 3. The van der Waals surface area contributed by atoms with Crippen LogP contribution in [-0.4, -0.2) is 18.8 Å². The number of anilines is 2. The summed E-state index contributed by atoms with van der Waals surface area (Å²) in [4.78, 5) is 29.5. The lowest BCUT2D eigenvalue weighted by Crippen LogP contribution is -2.36. The van der Waals surface area contributed by atoms with Gasteiger partial charge in [-0.15, -0.1) is 11.3 Å². The van der Waals surface area contributed by atoms with E-state index in [1.165, 1.54) is 0 Å². The number of thiophene rings is 1. The van der Waals surface area contributed by atoms with E-state index in [0.717, 1.165) is 38.8 Å². The van der Waals surface area contributed by atoms with Crippen molar-refractivity contribution in [2.24, 2.45) is 0 Å². The number of hydrogen-bond acceptors (Lipinski definition) is 5. The van der Waals surface area contributed by atoms with Crippen LogP contribution in [0, 0.1) is 6.92 Å². The molecule has 2 heterocycles. The summed E-state index contributed by atoms with van der Waals surface area (Å²) < 4.78 is 5.29. The van der Waals surface area contributed by atoms with Crippen LogP contribution in [0.1, 0.15) is 47.7 Å². The van der Waals surface area contributed by atoms with Crippen LogP contribution in [0.25, 0.3) is 0 Å². The zero-order valence-corrected chi connectivity index (χ0v) is 19.7. The Labute approximate surface area is 197 Å². The van der Waals surface area contributed by atoms with Crippen molar-refractivity contribution in [2.45, 2.75) is 38.6 Å². The highest BCUT2D eigenvalue weighted by atomic mass is 32.1. The normalized spacial score (nSPS) is 20.0. The summed E-state index contributed by atoms with van der Waals surface area (Å²) in [6.45, 7) is 3.59. The summed E-state index contributed by atoms with van der Waals surface area (Å²) in [6, 6.07) is 17.6. The standard InChI is InChI=1S/C27H26N2O3S/c1-16-6-11-21-23(13-16)29(17(2)30)27(25-5-4-12-33-25)26-22(28-21)14-19(15-24(26)31)18-7-9-20(32-3)10-8-18/h4-13,19,27-28H,14-15H2,1-3H3. The van der Waals surface area contributed by atoms with E-state index in [1.54, 1.807) is 30.3 Å². The second kappa shape index (κ2) is 8.52. The van der Waals surface area contributed by atoms with Gasteiger partial charge >= 0.3 is 0 Å². The molecule has 0 spiro atoms. The smallest absolute Gasteiger partial charge is 0.224 e. The van der Waals surface area contributed by atoms with E-state index >= 15 is 0 Å². The van der Waals surface area contributed by atoms with E-state index in [-0.39, 0.29) is 17.6 Å². The number of ether oxygens (including phenoxy) is 1. The second-order valence-corrected chi connectivity index (χ2v) is 9.63. The van der Waals surface area contributed by atoms with Crippen LogP contribution < -0.4 is 15.0 Å². The molecular formula is C27H26N2O3S. The number of amides is 1. The maximum absolute atomic E-state index is 13.7. The van der Waals surface area contributed by atoms with Crippen LogP contribution in [0.2, 0.25) is 0 Å². The van der Waals surface area contributed by atoms with Crippen LogP contribution in [-0.2, 0) is 9.59 Å². The van der Waals surface area contributed by atoms with Crippen LogP contribution >= 0.6 is 11.3 Å². The highest BCUT2D eigenvalue weighted by Crippen LogP contribution is 2.48. The van der Waals surface area contributed by atoms with Gasteiger partial charge in [0.2, 0.25) is 5.91 Å². The van der Waals surface area contributed by atoms with Crippen molar-refractivity contribution in [3.8, 4) is 5.75 Å². The Morgan fingerprint density at radius 2 is 1.91 bits per heavy atom. The first-order valence-electron chi connectivity index (χ1n) is 11.1. The third-order valence-electron chi connectivity index (χ3n) is 6.48. The third-order valence-corrected chi connectivity index (χ3v) is 7.40. The number of carbonyl (C=O) groups excluding carboxylic acids is 2. The average molecular weight is 459 g/mol. The molecule has 1 aliphatic heterocycles. The fourth-order valence-electron chi connectivity index (χ4n) is 4.92. The zero-order chi connectivity index (χ0) is 23.1. The largest absolute Gasteiger partial charge is 0.497 e. The molecule has 0 fully saturated rings. The van der Waals surface area contributed by atoms with Gasteiger partial charge in [-0.3, -0.25) is 14.5 Å². The minimum Gasteiger partial charge on any atom is -0.497 e. The molecule has 1 N–H and O–H groups in total. The zero-order valence-electron chi connectivity index (χ0n) is 18.9. The molecule has 168 valence electrons. The monoisotopic (exact) mass is 458 g/mol. The number of allylic oxidation sites excluding steroid dienone is 1. The number of methoxy groups -OCH3 is 1. The Morgan fingerprint density at radius 3 is 2.58 bits per heavy atom. The number of carbonyl (C=O) groups is 2.